The molecule has 204 valence electrons. The van der Waals surface area contributed by atoms with Gasteiger partial charge in [0.25, 0.3) is 0 Å². The third-order valence-electron chi connectivity index (χ3n) is 6.38. The fraction of sp³-hybridized carbons (Fsp3) is 0.241. The van der Waals surface area contributed by atoms with Crippen LogP contribution in [0.4, 0.5) is 13.2 Å². The summed E-state index contributed by atoms with van der Waals surface area (Å²) in [5.74, 6) is -0.808. The quantitative estimate of drug-likeness (QED) is 0.221. The van der Waals surface area contributed by atoms with E-state index in [1.165, 1.54) is 31.2 Å². The SMILES string of the molecule is CCOC(=O)C=Cc1ccc2c(c1)CC(NS(=O)(=O)c1ccc(-c3ccccc3C(C)=O)cc1C(F)(F)F)C2. The number of fused-ring (bicyclic) bond motifs is 1. The second-order valence-corrected chi connectivity index (χ2v) is 10.8. The molecule has 39 heavy (non-hydrogen) atoms. The molecule has 10 heteroatoms. The van der Waals surface area contributed by atoms with Gasteiger partial charge in [0.2, 0.25) is 10.0 Å². The van der Waals surface area contributed by atoms with Gasteiger partial charge in [0.1, 0.15) is 0 Å². The Labute approximate surface area is 224 Å². The predicted molar refractivity (Wildman–Crippen MR) is 141 cm³/mol. The minimum absolute atomic E-state index is 0.0868. The molecule has 1 N–H and O–H groups in total. The Morgan fingerprint density at radius 2 is 1.74 bits per heavy atom. The van der Waals surface area contributed by atoms with Gasteiger partial charge in [-0.15, -0.1) is 0 Å². The fourth-order valence-corrected chi connectivity index (χ4v) is 6.10. The van der Waals surface area contributed by atoms with Crippen molar-refractivity contribution in [2.45, 2.75) is 43.8 Å². The van der Waals surface area contributed by atoms with E-state index in [-0.39, 0.29) is 35.5 Å². The summed E-state index contributed by atoms with van der Waals surface area (Å²) in [4.78, 5) is 22.7. The summed E-state index contributed by atoms with van der Waals surface area (Å²) in [5, 5.41) is 0. The van der Waals surface area contributed by atoms with Crippen molar-refractivity contribution in [1.82, 2.24) is 4.72 Å². The molecule has 1 aliphatic rings. The molecule has 0 fully saturated rings. The van der Waals surface area contributed by atoms with Gasteiger partial charge in [-0.05, 0) is 72.7 Å². The lowest BCUT2D eigenvalue weighted by Crippen LogP contribution is -2.36. The van der Waals surface area contributed by atoms with Gasteiger partial charge >= 0.3 is 12.1 Å². The molecule has 1 unspecified atom stereocenters. The Bertz CT molecular complexity index is 1560. The summed E-state index contributed by atoms with van der Waals surface area (Å²) in [6.07, 6.45) is -1.50. The van der Waals surface area contributed by atoms with Gasteiger partial charge in [-0.1, -0.05) is 48.5 Å². The number of alkyl halides is 3. The molecule has 0 saturated heterocycles. The molecule has 0 amide bonds. The number of carbonyl (C=O) groups excluding carboxylic acids is 2. The summed E-state index contributed by atoms with van der Waals surface area (Å²) in [6.45, 7) is 3.26. The third kappa shape index (κ3) is 6.46. The van der Waals surface area contributed by atoms with E-state index in [9.17, 15) is 31.2 Å². The molecular formula is C29H26F3NO5S. The largest absolute Gasteiger partial charge is 0.463 e. The third-order valence-corrected chi connectivity index (χ3v) is 7.95. The van der Waals surface area contributed by atoms with Gasteiger partial charge in [-0.3, -0.25) is 4.79 Å². The van der Waals surface area contributed by atoms with Crippen LogP contribution in [0.2, 0.25) is 0 Å². The lowest BCUT2D eigenvalue weighted by molar-refractivity contribution is -0.140. The molecule has 1 aliphatic carbocycles. The Balaban J connectivity index is 1.60. The van der Waals surface area contributed by atoms with Crippen molar-refractivity contribution in [2.75, 3.05) is 6.61 Å². The van der Waals surface area contributed by atoms with Crippen molar-refractivity contribution in [2.24, 2.45) is 0 Å². The smallest absolute Gasteiger partial charge is 0.417 e. The van der Waals surface area contributed by atoms with Gasteiger partial charge < -0.3 is 4.74 Å². The maximum absolute atomic E-state index is 14.1. The number of sulfonamides is 1. The number of rotatable bonds is 8. The van der Waals surface area contributed by atoms with Crippen molar-refractivity contribution in [3.05, 3.63) is 94.6 Å². The second kappa shape index (κ2) is 11.2. The van der Waals surface area contributed by atoms with Crippen molar-refractivity contribution in [3.8, 4) is 11.1 Å². The van der Waals surface area contributed by atoms with Crippen molar-refractivity contribution in [3.63, 3.8) is 0 Å². The zero-order valence-corrected chi connectivity index (χ0v) is 22.0. The number of halogens is 3. The number of nitrogens with one attached hydrogen (secondary N) is 1. The molecule has 0 radical (unpaired) electrons. The fourth-order valence-electron chi connectivity index (χ4n) is 4.66. The molecule has 4 rings (SSSR count). The van der Waals surface area contributed by atoms with Crippen LogP contribution in [0.1, 0.15) is 46.5 Å². The van der Waals surface area contributed by atoms with Gasteiger partial charge in [0, 0.05) is 17.7 Å². The van der Waals surface area contributed by atoms with Crippen LogP contribution in [0.25, 0.3) is 17.2 Å². The maximum atomic E-state index is 14.1. The van der Waals surface area contributed by atoms with Crippen LogP contribution in [-0.4, -0.2) is 32.8 Å². The molecule has 3 aromatic carbocycles. The van der Waals surface area contributed by atoms with Crippen LogP contribution >= 0.6 is 0 Å². The van der Waals surface area contributed by atoms with Crippen molar-refractivity contribution < 1.29 is 35.9 Å². The van der Waals surface area contributed by atoms with Gasteiger partial charge in [0.15, 0.2) is 5.78 Å². The number of ketones is 1. The van der Waals surface area contributed by atoms with E-state index >= 15 is 0 Å². The van der Waals surface area contributed by atoms with E-state index in [4.69, 9.17) is 4.74 Å². The second-order valence-electron chi connectivity index (χ2n) is 9.15. The first-order chi connectivity index (χ1) is 18.4. The van der Waals surface area contributed by atoms with Crippen molar-refractivity contribution >= 4 is 27.9 Å². The van der Waals surface area contributed by atoms with Crippen LogP contribution in [0.3, 0.4) is 0 Å². The number of benzene rings is 3. The Morgan fingerprint density at radius 3 is 2.44 bits per heavy atom. The average molecular weight is 558 g/mol. The average Bonchev–Trinajstić information content (AvgIpc) is 3.27. The summed E-state index contributed by atoms with van der Waals surface area (Å²) in [7, 11) is -4.55. The van der Waals surface area contributed by atoms with E-state index in [0.29, 0.717) is 12.0 Å². The minimum Gasteiger partial charge on any atom is -0.463 e. The molecule has 0 aliphatic heterocycles. The van der Waals surface area contributed by atoms with Crippen LogP contribution in [0.5, 0.6) is 0 Å². The number of hydrogen-bond donors (Lipinski definition) is 1. The standard InChI is InChI=1S/C29H26F3NO5S/c1-3-38-28(35)13-9-19-8-10-20-15-23(16-22(20)14-19)33-39(36,37)27-12-11-21(17-26(27)29(30,31)32)25-7-5-4-6-24(25)18(2)34/h4-14,17,23,33H,3,15-16H2,1-2H3. The summed E-state index contributed by atoms with van der Waals surface area (Å²) < 4.78 is 76.0. The molecule has 0 heterocycles. The van der Waals surface area contributed by atoms with E-state index in [2.05, 4.69) is 4.72 Å². The minimum atomic E-state index is -4.95. The monoisotopic (exact) mass is 557 g/mol. The summed E-state index contributed by atoms with van der Waals surface area (Å²) in [5.41, 5.74) is 1.71. The zero-order chi connectivity index (χ0) is 28.4. The topological polar surface area (TPSA) is 89.5 Å². The number of esters is 1. The molecule has 1 atom stereocenters. The molecule has 0 aromatic heterocycles. The first-order valence-electron chi connectivity index (χ1n) is 12.2. The highest BCUT2D eigenvalue weighted by Crippen LogP contribution is 2.38. The van der Waals surface area contributed by atoms with E-state index in [1.807, 2.05) is 6.07 Å². The first kappa shape index (κ1) is 28.3. The van der Waals surface area contributed by atoms with Gasteiger partial charge in [0.05, 0.1) is 17.1 Å². The van der Waals surface area contributed by atoms with Crippen LogP contribution in [0, 0.1) is 0 Å². The number of carbonyl (C=O) groups is 2. The molecule has 3 aromatic rings. The van der Waals surface area contributed by atoms with E-state index in [1.54, 1.807) is 37.3 Å². The maximum Gasteiger partial charge on any atom is 0.417 e. The highest BCUT2D eigenvalue weighted by Gasteiger charge is 2.39. The van der Waals surface area contributed by atoms with Crippen LogP contribution in [0.15, 0.2) is 71.6 Å². The normalized spacial score (nSPS) is 15.4. The molecule has 0 saturated carbocycles. The lowest BCUT2D eigenvalue weighted by atomic mass is 9.96. The number of ether oxygens (including phenoxy) is 1. The highest BCUT2D eigenvalue weighted by molar-refractivity contribution is 7.89. The van der Waals surface area contributed by atoms with E-state index in [0.717, 1.165) is 23.3 Å². The summed E-state index contributed by atoms with van der Waals surface area (Å²) >= 11 is 0. The first-order valence-corrected chi connectivity index (χ1v) is 13.7. The van der Waals surface area contributed by atoms with Gasteiger partial charge in [-0.2, -0.15) is 13.2 Å². The molecular weight excluding hydrogens is 531 g/mol. The van der Waals surface area contributed by atoms with E-state index < -0.39 is 38.7 Å². The van der Waals surface area contributed by atoms with Crippen LogP contribution < -0.4 is 4.72 Å². The van der Waals surface area contributed by atoms with Crippen molar-refractivity contribution in [1.29, 1.82) is 0 Å². The zero-order valence-electron chi connectivity index (χ0n) is 21.2. The lowest BCUT2D eigenvalue weighted by Gasteiger charge is -2.18. The number of hydrogen-bond acceptors (Lipinski definition) is 5. The van der Waals surface area contributed by atoms with Crippen LogP contribution in [-0.2, 0) is 38.6 Å². The summed E-state index contributed by atoms with van der Waals surface area (Å²) in [6, 6.07) is 13.9. The Kier molecular flexibility index (Phi) is 8.08. The predicted octanol–water partition coefficient (Wildman–Crippen LogP) is 5.60. The van der Waals surface area contributed by atoms with Gasteiger partial charge in [-0.25, -0.2) is 17.9 Å². The molecule has 0 bridgehead atoms. The molecule has 6 nitrogen and oxygen atoms in total. The molecule has 0 spiro atoms. The highest BCUT2D eigenvalue weighted by atomic mass is 32.2. The number of Topliss-reactive ketones (excluding diaryl/α,β-unsaturated/α-hetero) is 1. The Morgan fingerprint density at radius 1 is 1.03 bits per heavy atom. The Hall–Kier alpha value is -3.76.